The molecule has 7 heteroatoms. The van der Waals surface area contributed by atoms with E-state index in [1.54, 1.807) is 4.90 Å². The molecule has 0 atom stereocenters. The van der Waals surface area contributed by atoms with E-state index < -0.39 is 11.8 Å². The summed E-state index contributed by atoms with van der Waals surface area (Å²) in [7, 11) is 0. The first-order chi connectivity index (χ1) is 9.51. The van der Waals surface area contributed by atoms with E-state index in [-0.39, 0.29) is 19.7 Å². The number of hydrogen-bond donors (Lipinski definition) is 3. The summed E-state index contributed by atoms with van der Waals surface area (Å²) in [6.07, 6.45) is 0.433. The van der Waals surface area contributed by atoms with Gasteiger partial charge < -0.3 is 16.6 Å². The van der Waals surface area contributed by atoms with Crippen LogP contribution in [0.25, 0.3) is 0 Å². The summed E-state index contributed by atoms with van der Waals surface area (Å²) in [5.41, 5.74) is 10.3. The number of primary amides is 2. The van der Waals surface area contributed by atoms with Crippen LogP contribution >= 0.6 is 11.3 Å². The predicted molar refractivity (Wildman–Crippen MR) is 76.6 cm³/mol. The van der Waals surface area contributed by atoms with Gasteiger partial charge in [-0.15, -0.1) is 11.3 Å². The number of carbonyl (C=O) groups is 2. The van der Waals surface area contributed by atoms with E-state index in [4.69, 9.17) is 16.6 Å². The van der Waals surface area contributed by atoms with E-state index in [2.05, 4.69) is 11.8 Å². The highest BCUT2D eigenvalue weighted by Gasteiger charge is 2.12. The fraction of sp³-hybridized carbons (Fsp3) is 0.385. The fourth-order valence-corrected chi connectivity index (χ4v) is 2.49. The second kappa shape index (κ2) is 8.32. The van der Waals surface area contributed by atoms with Gasteiger partial charge >= 0.3 is 0 Å². The molecule has 0 aliphatic rings. The van der Waals surface area contributed by atoms with Crippen molar-refractivity contribution in [1.82, 2.24) is 4.90 Å². The van der Waals surface area contributed by atoms with E-state index in [1.165, 1.54) is 11.3 Å². The van der Waals surface area contributed by atoms with Gasteiger partial charge in [-0.05, 0) is 12.1 Å². The summed E-state index contributed by atoms with van der Waals surface area (Å²) >= 11 is 1.46. The van der Waals surface area contributed by atoms with Crippen LogP contribution in [0.5, 0.6) is 0 Å². The lowest BCUT2D eigenvalue weighted by Crippen LogP contribution is -2.38. The SMILES string of the molecule is NC(=O)CN(CC(N)=O)Cc1ccc(C#CCCO)s1. The van der Waals surface area contributed by atoms with Crippen LogP contribution in [0.2, 0.25) is 0 Å². The summed E-state index contributed by atoms with van der Waals surface area (Å²) in [4.78, 5) is 25.3. The third kappa shape index (κ3) is 6.33. The molecule has 1 heterocycles. The van der Waals surface area contributed by atoms with Crippen LogP contribution in [0.4, 0.5) is 0 Å². The number of aliphatic hydroxyl groups excluding tert-OH is 1. The molecule has 2 amide bonds. The van der Waals surface area contributed by atoms with Crippen molar-refractivity contribution < 1.29 is 14.7 Å². The van der Waals surface area contributed by atoms with Crippen molar-refractivity contribution in [1.29, 1.82) is 0 Å². The molecule has 1 aromatic heterocycles. The number of rotatable bonds is 7. The summed E-state index contributed by atoms with van der Waals surface area (Å²) in [5, 5.41) is 8.64. The van der Waals surface area contributed by atoms with Crippen LogP contribution in [-0.2, 0) is 16.1 Å². The Balaban J connectivity index is 2.66. The quantitative estimate of drug-likeness (QED) is 0.575. The molecule has 108 valence electrons. The summed E-state index contributed by atoms with van der Waals surface area (Å²) in [5.74, 6) is 4.74. The Morgan fingerprint density at radius 1 is 1.25 bits per heavy atom. The standard InChI is InChI=1S/C13H17N3O3S/c14-12(18)8-16(9-13(15)19)7-11-5-4-10(20-11)3-1-2-6-17/h4-5,17H,2,6-9H2,(H2,14,18)(H2,15,19). The van der Waals surface area contributed by atoms with Crippen LogP contribution in [0.15, 0.2) is 12.1 Å². The molecule has 20 heavy (non-hydrogen) atoms. The fourth-order valence-electron chi connectivity index (χ4n) is 1.56. The largest absolute Gasteiger partial charge is 0.395 e. The average Bonchev–Trinajstić information content (AvgIpc) is 2.75. The van der Waals surface area contributed by atoms with Crippen molar-refractivity contribution in [3.8, 4) is 11.8 Å². The molecular weight excluding hydrogens is 278 g/mol. The number of hydrogen-bond acceptors (Lipinski definition) is 5. The molecule has 1 aromatic rings. The maximum Gasteiger partial charge on any atom is 0.231 e. The van der Waals surface area contributed by atoms with Gasteiger partial charge in [0.25, 0.3) is 0 Å². The van der Waals surface area contributed by atoms with Gasteiger partial charge in [-0.3, -0.25) is 14.5 Å². The van der Waals surface area contributed by atoms with Gasteiger partial charge in [0.15, 0.2) is 0 Å². The molecule has 0 aliphatic heterocycles. The first-order valence-corrected chi connectivity index (χ1v) is 6.80. The molecule has 0 spiro atoms. The van der Waals surface area contributed by atoms with Crippen LogP contribution in [0.1, 0.15) is 16.2 Å². The van der Waals surface area contributed by atoms with Crippen molar-refractivity contribution in [2.75, 3.05) is 19.7 Å². The normalized spacial score (nSPS) is 10.1. The molecule has 0 saturated carbocycles. The van der Waals surface area contributed by atoms with Gasteiger partial charge in [-0.2, -0.15) is 0 Å². The topological polar surface area (TPSA) is 110 Å². The number of thiophene rings is 1. The minimum atomic E-state index is -0.509. The van der Waals surface area contributed by atoms with E-state index in [1.807, 2.05) is 12.1 Å². The lowest BCUT2D eigenvalue weighted by atomic mass is 10.3. The number of carbonyl (C=O) groups excluding carboxylic acids is 2. The van der Waals surface area contributed by atoms with E-state index in [0.717, 1.165) is 9.75 Å². The van der Waals surface area contributed by atoms with Crippen molar-refractivity contribution >= 4 is 23.2 Å². The first-order valence-electron chi connectivity index (χ1n) is 5.98. The molecule has 0 radical (unpaired) electrons. The second-order valence-electron chi connectivity index (χ2n) is 4.12. The highest BCUT2D eigenvalue weighted by Crippen LogP contribution is 2.17. The number of nitrogens with two attached hydrogens (primary N) is 2. The minimum Gasteiger partial charge on any atom is -0.395 e. The lowest BCUT2D eigenvalue weighted by Gasteiger charge is -2.17. The van der Waals surface area contributed by atoms with Gasteiger partial charge in [-0.25, -0.2) is 0 Å². The highest BCUT2D eigenvalue weighted by atomic mass is 32.1. The zero-order valence-corrected chi connectivity index (χ0v) is 11.8. The van der Waals surface area contributed by atoms with Crippen molar-refractivity contribution in [3.05, 3.63) is 21.9 Å². The smallest absolute Gasteiger partial charge is 0.231 e. The molecule has 0 saturated heterocycles. The van der Waals surface area contributed by atoms with Crippen molar-refractivity contribution in [2.24, 2.45) is 11.5 Å². The Hall–Kier alpha value is -1.88. The van der Waals surface area contributed by atoms with Crippen LogP contribution in [-0.4, -0.2) is 41.5 Å². The lowest BCUT2D eigenvalue weighted by molar-refractivity contribution is -0.122. The monoisotopic (exact) mass is 295 g/mol. The zero-order valence-electron chi connectivity index (χ0n) is 11.0. The maximum atomic E-state index is 10.9. The van der Waals surface area contributed by atoms with Crippen LogP contribution < -0.4 is 11.5 Å². The predicted octanol–water partition coefficient (Wildman–Crippen LogP) is -0.745. The summed E-state index contributed by atoms with van der Waals surface area (Å²) < 4.78 is 0. The molecule has 0 aromatic carbocycles. The van der Waals surface area contributed by atoms with Gasteiger partial charge in [-0.1, -0.05) is 11.8 Å². The molecule has 6 nitrogen and oxygen atoms in total. The van der Waals surface area contributed by atoms with Crippen LogP contribution in [0.3, 0.4) is 0 Å². The highest BCUT2D eigenvalue weighted by molar-refractivity contribution is 7.12. The third-order valence-electron chi connectivity index (χ3n) is 2.25. The van der Waals surface area contributed by atoms with E-state index >= 15 is 0 Å². The molecule has 0 bridgehead atoms. The van der Waals surface area contributed by atoms with Gasteiger partial charge in [0, 0.05) is 17.8 Å². The summed E-state index contributed by atoms with van der Waals surface area (Å²) in [6.45, 7) is 0.410. The second-order valence-corrected chi connectivity index (χ2v) is 5.29. The molecule has 0 unspecified atom stereocenters. The Bertz CT molecular complexity index is 514. The summed E-state index contributed by atoms with van der Waals surface area (Å²) in [6, 6.07) is 3.74. The van der Waals surface area contributed by atoms with Crippen LogP contribution in [0, 0.1) is 11.8 Å². The molecular formula is C13H17N3O3S. The number of amides is 2. The number of nitrogens with zero attached hydrogens (tertiary/aromatic N) is 1. The zero-order chi connectivity index (χ0) is 15.0. The van der Waals surface area contributed by atoms with Gasteiger partial charge in [0.1, 0.15) is 0 Å². The van der Waals surface area contributed by atoms with E-state index in [0.29, 0.717) is 13.0 Å². The van der Waals surface area contributed by atoms with Gasteiger partial charge in [0.05, 0.1) is 24.6 Å². The average molecular weight is 295 g/mol. The number of aliphatic hydroxyl groups is 1. The van der Waals surface area contributed by atoms with Crippen molar-refractivity contribution in [2.45, 2.75) is 13.0 Å². The molecule has 5 N–H and O–H groups in total. The Labute approximate surface area is 121 Å². The molecule has 0 aliphatic carbocycles. The van der Waals surface area contributed by atoms with Crippen molar-refractivity contribution in [3.63, 3.8) is 0 Å². The first kappa shape index (κ1) is 16.2. The minimum absolute atomic E-state index is 0.0215. The third-order valence-corrected chi connectivity index (χ3v) is 3.23. The van der Waals surface area contributed by atoms with Gasteiger partial charge in [0.2, 0.25) is 11.8 Å². The molecule has 1 rings (SSSR count). The maximum absolute atomic E-state index is 10.9. The molecule has 0 fully saturated rings. The van der Waals surface area contributed by atoms with E-state index in [9.17, 15) is 9.59 Å². The Morgan fingerprint density at radius 3 is 2.45 bits per heavy atom. The Kier molecular flexibility index (Phi) is 6.73. The Morgan fingerprint density at radius 2 is 1.90 bits per heavy atom.